The predicted octanol–water partition coefficient (Wildman–Crippen LogP) is 2.15. The van der Waals surface area contributed by atoms with Gasteiger partial charge in [0.1, 0.15) is 0 Å². The zero-order chi connectivity index (χ0) is 12.8. The van der Waals surface area contributed by atoms with E-state index >= 15 is 0 Å². The summed E-state index contributed by atoms with van der Waals surface area (Å²) in [6, 6.07) is 3.69. The maximum Gasteiger partial charge on any atom is 0.228 e. The first kappa shape index (κ1) is 13.6. The quantitative estimate of drug-likeness (QED) is 0.830. The van der Waals surface area contributed by atoms with Gasteiger partial charge in [-0.3, -0.25) is 4.79 Å². The number of halogens is 2. The average Bonchev–Trinajstić information content (AvgIpc) is 2.31. The average molecular weight is 242 g/mol. The Morgan fingerprint density at radius 2 is 2.12 bits per heavy atom. The lowest BCUT2D eigenvalue weighted by atomic mass is 10.1. The van der Waals surface area contributed by atoms with Gasteiger partial charge in [0, 0.05) is 12.5 Å². The molecular formula is C12H16F2N2O. The fourth-order valence-corrected chi connectivity index (χ4v) is 1.31. The zero-order valence-electron chi connectivity index (χ0n) is 9.89. The highest BCUT2D eigenvalue weighted by molar-refractivity contribution is 5.92. The van der Waals surface area contributed by atoms with E-state index in [0.717, 1.165) is 12.6 Å². The van der Waals surface area contributed by atoms with Gasteiger partial charge in [-0.05, 0) is 18.7 Å². The number of carbonyl (C=O) groups is 1. The fourth-order valence-electron chi connectivity index (χ4n) is 1.31. The molecule has 0 aliphatic heterocycles. The van der Waals surface area contributed by atoms with Crippen molar-refractivity contribution in [3.8, 4) is 0 Å². The number of carbonyl (C=O) groups excluding carboxylic acids is 1. The van der Waals surface area contributed by atoms with Gasteiger partial charge in [-0.25, -0.2) is 8.78 Å². The molecule has 2 N–H and O–H groups in total. The Balaban J connectivity index is 2.64. The second-order valence-corrected chi connectivity index (χ2v) is 3.80. The second kappa shape index (κ2) is 6.30. The van der Waals surface area contributed by atoms with Gasteiger partial charge in [0.05, 0.1) is 5.69 Å². The van der Waals surface area contributed by atoms with E-state index in [9.17, 15) is 13.6 Å². The van der Waals surface area contributed by atoms with Crippen LogP contribution in [0.5, 0.6) is 0 Å². The minimum Gasteiger partial charge on any atom is -0.323 e. The van der Waals surface area contributed by atoms with Crippen molar-refractivity contribution in [3.05, 3.63) is 29.8 Å². The molecule has 0 aliphatic carbocycles. The molecule has 1 unspecified atom stereocenters. The molecule has 1 aromatic carbocycles. The van der Waals surface area contributed by atoms with E-state index in [1.165, 1.54) is 12.1 Å². The summed E-state index contributed by atoms with van der Waals surface area (Å²) >= 11 is 0. The molecule has 5 heteroatoms. The van der Waals surface area contributed by atoms with Gasteiger partial charge in [0.15, 0.2) is 11.6 Å². The van der Waals surface area contributed by atoms with E-state index in [4.69, 9.17) is 0 Å². The van der Waals surface area contributed by atoms with Crippen LogP contribution in [-0.4, -0.2) is 19.0 Å². The molecule has 3 nitrogen and oxygen atoms in total. The number of anilines is 1. The molecule has 0 aromatic heterocycles. The first-order valence-corrected chi connectivity index (χ1v) is 5.51. The Hall–Kier alpha value is -1.49. The molecular weight excluding hydrogens is 226 g/mol. The predicted molar refractivity (Wildman–Crippen MR) is 62.7 cm³/mol. The summed E-state index contributed by atoms with van der Waals surface area (Å²) in [5, 5.41) is 5.38. The number of hydrogen-bond donors (Lipinski definition) is 2. The maximum absolute atomic E-state index is 13.3. The van der Waals surface area contributed by atoms with Crippen molar-refractivity contribution in [2.75, 3.05) is 18.4 Å². The van der Waals surface area contributed by atoms with E-state index in [1.54, 1.807) is 6.92 Å². The van der Waals surface area contributed by atoms with Crippen molar-refractivity contribution in [1.82, 2.24) is 5.32 Å². The molecule has 1 aromatic rings. The van der Waals surface area contributed by atoms with Crippen LogP contribution in [0.1, 0.15) is 13.8 Å². The monoisotopic (exact) mass is 242 g/mol. The smallest absolute Gasteiger partial charge is 0.228 e. The van der Waals surface area contributed by atoms with E-state index < -0.39 is 11.6 Å². The molecule has 0 saturated carbocycles. The molecule has 1 atom stereocenters. The summed E-state index contributed by atoms with van der Waals surface area (Å²) in [7, 11) is 0. The van der Waals surface area contributed by atoms with Gasteiger partial charge in [-0.2, -0.15) is 0 Å². The molecule has 0 spiro atoms. The highest BCUT2D eigenvalue weighted by Gasteiger charge is 2.15. The Morgan fingerprint density at radius 3 is 2.76 bits per heavy atom. The van der Waals surface area contributed by atoms with Gasteiger partial charge >= 0.3 is 0 Å². The molecule has 17 heavy (non-hydrogen) atoms. The minimum absolute atomic E-state index is 0.127. The maximum atomic E-state index is 13.3. The van der Waals surface area contributed by atoms with Gasteiger partial charge in [0.2, 0.25) is 5.91 Å². The van der Waals surface area contributed by atoms with Gasteiger partial charge in [-0.15, -0.1) is 0 Å². The molecule has 0 bridgehead atoms. The standard InChI is InChI=1S/C12H16F2N2O/c1-3-15-7-8(2)12(17)16-10-6-4-5-9(13)11(10)14/h4-6,8,15H,3,7H2,1-2H3,(H,16,17). The Kier molecular flexibility index (Phi) is 5.03. The Bertz CT molecular complexity index is 396. The molecule has 0 aliphatic rings. The fraction of sp³-hybridized carbons (Fsp3) is 0.417. The van der Waals surface area contributed by atoms with Gasteiger partial charge in [-0.1, -0.05) is 19.9 Å². The van der Waals surface area contributed by atoms with E-state index in [2.05, 4.69) is 10.6 Å². The molecule has 0 radical (unpaired) electrons. The minimum atomic E-state index is -1.03. The first-order valence-electron chi connectivity index (χ1n) is 5.51. The summed E-state index contributed by atoms with van der Waals surface area (Å²) in [4.78, 5) is 11.6. The van der Waals surface area contributed by atoms with E-state index in [-0.39, 0.29) is 17.5 Å². The highest BCUT2D eigenvalue weighted by atomic mass is 19.2. The van der Waals surface area contributed by atoms with Crippen LogP contribution in [0.3, 0.4) is 0 Å². The van der Waals surface area contributed by atoms with E-state index in [0.29, 0.717) is 6.54 Å². The summed E-state index contributed by atoms with van der Waals surface area (Å²) in [5.41, 5.74) is -0.127. The molecule has 0 heterocycles. The van der Waals surface area contributed by atoms with Crippen molar-refractivity contribution >= 4 is 11.6 Å². The lowest BCUT2D eigenvalue weighted by Gasteiger charge is -2.12. The van der Waals surface area contributed by atoms with Crippen molar-refractivity contribution in [2.45, 2.75) is 13.8 Å². The molecule has 1 rings (SSSR count). The summed E-state index contributed by atoms with van der Waals surface area (Å²) in [5.74, 6) is -2.65. The van der Waals surface area contributed by atoms with Crippen molar-refractivity contribution in [3.63, 3.8) is 0 Å². The third-order valence-electron chi connectivity index (χ3n) is 2.36. The zero-order valence-corrected chi connectivity index (χ0v) is 9.89. The van der Waals surface area contributed by atoms with E-state index in [1.807, 2.05) is 6.92 Å². The van der Waals surface area contributed by atoms with Crippen LogP contribution in [0.25, 0.3) is 0 Å². The normalized spacial score (nSPS) is 12.2. The van der Waals surface area contributed by atoms with Crippen LogP contribution in [0, 0.1) is 17.6 Å². The van der Waals surface area contributed by atoms with Crippen LogP contribution >= 0.6 is 0 Å². The van der Waals surface area contributed by atoms with Crippen LogP contribution < -0.4 is 10.6 Å². The largest absolute Gasteiger partial charge is 0.323 e. The first-order chi connectivity index (χ1) is 8.06. The number of amides is 1. The second-order valence-electron chi connectivity index (χ2n) is 3.80. The number of hydrogen-bond acceptors (Lipinski definition) is 2. The molecule has 0 saturated heterocycles. The third kappa shape index (κ3) is 3.78. The van der Waals surface area contributed by atoms with Crippen molar-refractivity contribution in [1.29, 1.82) is 0 Å². The molecule has 94 valence electrons. The topological polar surface area (TPSA) is 41.1 Å². The molecule has 0 fully saturated rings. The van der Waals surface area contributed by atoms with Crippen LogP contribution in [-0.2, 0) is 4.79 Å². The van der Waals surface area contributed by atoms with Crippen LogP contribution in [0.15, 0.2) is 18.2 Å². The van der Waals surface area contributed by atoms with Crippen molar-refractivity contribution in [2.24, 2.45) is 5.92 Å². The summed E-state index contributed by atoms with van der Waals surface area (Å²) in [6.07, 6.45) is 0. The van der Waals surface area contributed by atoms with Gasteiger partial charge < -0.3 is 10.6 Å². The highest BCUT2D eigenvalue weighted by Crippen LogP contribution is 2.17. The number of benzene rings is 1. The molecule has 1 amide bonds. The van der Waals surface area contributed by atoms with Crippen LogP contribution in [0.4, 0.5) is 14.5 Å². The SMILES string of the molecule is CCNCC(C)C(=O)Nc1cccc(F)c1F. The summed E-state index contributed by atoms with van der Waals surface area (Å²) in [6.45, 7) is 4.90. The number of rotatable bonds is 5. The van der Waals surface area contributed by atoms with Gasteiger partial charge in [0.25, 0.3) is 0 Å². The Labute approximate surface area is 99.2 Å². The van der Waals surface area contributed by atoms with Crippen LogP contribution in [0.2, 0.25) is 0 Å². The lowest BCUT2D eigenvalue weighted by Crippen LogP contribution is -2.30. The summed E-state index contributed by atoms with van der Waals surface area (Å²) < 4.78 is 26.2. The Morgan fingerprint density at radius 1 is 1.41 bits per heavy atom. The third-order valence-corrected chi connectivity index (χ3v) is 2.36. The lowest BCUT2D eigenvalue weighted by molar-refractivity contribution is -0.119. The number of nitrogens with one attached hydrogen (secondary N) is 2. The van der Waals surface area contributed by atoms with Crippen molar-refractivity contribution < 1.29 is 13.6 Å².